The van der Waals surface area contributed by atoms with Gasteiger partial charge in [-0.2, -0.15) is 0 Å². The predicted octanol–water partition coefficient (Wildman–Crippen LogP) is 2.61. The Bertz CT molecular complexity index is 721. The molecule has 1 heterocycles. The molecular weight excluding hydrogens is 320 g/mol. The fourth-order valence-electron chi connectivity index (χ4n) is 2.67. The standard InChI is InChI=1S/C19H22N2O4/c1-22-15-9-14(10-16(23-2)18(15)24-3)19-21-17(12-25-19)20-11-13-7-5-4-6-8-13/h4-10,17,20H,11-12H2,1-3H3. The molecule has 1 aliphatic rings. The van der Waals surface area contributed by atoms with Crippen LogP contribution in [0.4, 0.5) is 0 Å². The van der Waals surface area contributed by atoms with E-state index in [2.05, 4.69) is 22.4 Å². The summed E-state index contributed by atoms with van der Waals surface area (Å²) in [4.78, 5) is 4.61. The molecule has 6 nitrogen and oxygen atoms in total. The van der Waals surface area contributed by atoms with Gasteiger partial charge in [0, 0.05) is 12.1 Å². The first-order valence-electron chi connectivity index (χ1n) is 8.03. The first kappa shape index (κ1) is 17.1. The van der Waals surface area contributed by atoms with E-state index in [1.165, 1.54) is 5.56 Å². The Morgan fingerprint density at radius 3 is 2.32 bits per heavy atom. The van der Waals surface area contributed by atoms with Gasteiger partial charge in [0.05, 0.1) is 21.3 Å². The van der Waals surface area contributed by atoms with Crippen LogP contribution in [0.15, 0.2) is 47.5 Å². The van der Waals surface area contributed by atoms with Gasteiger partial charge in [-0.05, 0) is 17.7 Å². The van der Waals surface area contributed by atoms with E-state index in [1.54, 1.807) is 21.3 Å². The number of nitrogens with one attached hydrogen (secondary N) is 1. The Hall–Kier alpha value is -2.73. The molecule has 132 valence electrons. The van der Waals surface area contributed by atoms with Crippen molar-refractivity contribution >= 4 is 5.90 Å². The molecule has 0 saturated heterocycles. The lowest BCUT2D eigenvalue weighted by Crippen LogP contribution is -2.27. The highest BCUT2D eigenvalue weighted by molar-refractivity contribution is 5.96. The van der Waals surface area contributed by atoms with Crippen LogP contribution in [0, 0.1) is 0 Å². The van der Waals surface area contributed by atoms with Crippen LogP contribution >= 0.6 is 0 Å². The Balaban J connectivity index is 1.75. The smallest absolute Gasteiger partial charge is 0.218 e. The minimum Gasteiger partial charge on any atom is -0.493 e. The molecule has 0 bridgehead atoms. The summed E-state index contributed by atoms with van der Waals surface area (Å²) in [6.45, 7) is 1.22. The summed E-state index contributed by atoms with van der Waals surface area (Å²) in [5.41, 5.74) is 2.00. The highest BCUT2D eigenvalue weighted by Crippen LogP contribution is 2.38. The second-order valence-corrected chi connectivity index (χ2v) is 5.54. The lowest BCUT2D eigenvalue weighted by molar-refractivity contribution is 0.297. The van der Waals surface area contributed by atoms with E-state index in [0.29, 0.717) is 29.8 Å². The molecule has 1 aliphatic heterocycles. The molecule has 0 spiro atoms. The van der Waals surface area contributed by atoms with Crippen LogP contribution in [0.5, 0.6) is 17.2 Å². The third kappa shape index (κ3) is 3.85. The Labute approximate surface area is 147 Å². The largest absolute Gasteiger partial charge is 0.493 e. The quantitative estimate of drug-likeness (QED) is 0.838. The third-order valence-corrected chi connectivity index (χ3v) is 3.95. The topological polar surface area (TPSA) is 61.3 Å². The molecule has 0 amide bonds. The van der Waals surface area contributed by atoms with Crippen LogP contribution in [0.1, 0.15) is 11.1 Å². The molecule has 3 rings (SSSR count). The highest BCUT2D eigenvalue weighted by atomic mass is 16.5. The number of methoxy groups -OCH3 is 3. The zero-order chi connectivity index (χ0) is 17.6. The minimum absolute atomic E-state index is 0.0886. The van der Waals surface area contributed by atoms with E-state index < -0.39 is 0 Å². The van der Waals surface area contributed by atoms with Gasteiger partial charge in [0.1, 0.15) is 12.8 Å². The first-order valence-corrected chi connectivity index (χ1v) is 8.03. The number of hydrogen-bond acceptors (Lipinski definition) is 6. The first-order chi connectivity index (χ1) is 12.2. The second-order valence-electron chi connectivity index (χ2n) is 5.54. The number of nitrogens with zero attached hydrogens (tertiary/aromatic N) is 1. The van der Waals surface area contributed by atoms with Crippen LogP contribution in [0.25, 0.3) is 0 Å². The molecule has 1 N–H and O–H groups in total. The molecule has 0 fully saturated rings. The molecule has 0 aliphatic carbocycles. The fraction of sp³-hybridized carbons (Fsp3) is 0.316. The number of benzene rings is 2. The van der Waals surface area contributed by atoms with Crippen molar-refractivity contribution in [2.75, 3.05) is 27.9 Å². The molecule has 0 aromatic heterocycles. The van der Waals surface area contributed by atoms with Crippen molar-refractivity contribution < 1.29 is 18.9 Å². The predicted molar refractivity (Wildman–Crippen MR) is 95.7 cm³/mol. The Morgan fingerprint density at radius 1 is 1.04 bits per heavy atom. The van der Waals surface area contributed by atoms with E-state index in [9.17, 15) is 0 Å². The van der Waals surface area contributed by atoms with Gasteiger partial charge in [0.25, 0.3) is 0 Å². The summed E-state index contributed by atoms with van der Waals surface area (Å²) in [5, 5.41) is 3.38. The van der Waals surface area contributed by atoms with E-state index in [0.717, 1.165) is 12.1 Å². The Kier molecular flexibility index (Phi) is 5.40. The highest BCUT2D eigenvalue weighted by Gasteiger charge is 2.23. The number of hydrogen-bond donors (Lipinski definition) is 1. The summed E-state index contributed by atoms with van der Waals surface area (Å²) in [6.07, 6.45) is -0.0886. The zero-order valence-corrected chi connectivity index (χ0v) is 14.6. The van der Waals surface area contributed by atoms with Crippen molar-refractivity contribution in [1.29, 1.82) is 0 Å². The van der Waals surface area contributed by atoms with Gasteiger partial charge < -0.3 is 18.9 Å². The number of aliphatic imine (C=N–C) groups is 1. The maximum absolute atomic E-state index is 5.75. The minimum atomic E-state index is -0.0886. The van der Waals surface area contributed by atoms with Crippen molar-refractivity contribution in [3.8, 4) is 17.2 Å². The summed E-state index contributed by atoms with van der Waals surface area (Å²) >= 11 is 0. The van der Waals surface area contributed by atoms with E-state index in [-0.39, 0.29) is 6.17 Å². The molecule has 2 aromatic carbocycles. The van der Waals surface area contributed by atoms with Crippen molar-refractivity contribution in [1.82, 2.24) is 5.32 Å². The fourth-order valence-corrected chi connectivity index (χ4v) is 2.67. The lowest BCUT2D eigenvalue weighted by atomic mass is 10.2. The van der Waals surface area contributed by atoms with Crippen LogP contribution < -0.4 is 19.5 Å². The normalized spacial score (nSPS) is 16.1. The number of ether oxygens (including phenoxy) is 4. The maximum atomic E-state index is 5.75. The second kappa shape index (κ2) is 7.90. The third-order valence-electron chi connectivity index (χ3n) is 3.95. The van der Waals surface area contributed by atoms with Crippen LogP contribution in [0.3, 0.4) is 0 Å². The van der Waals surface area contributed by atoms with E-state index in [4.69, 9.17) is 18.9 Å². The summed E-state index contributed by atoms with van der Waals surface area (Å²) in [6, 6.07) is 13.9. The van der Waals surface area contributed by atoms with Crippen molar-refractivity contribution in [2.24, 2.45) is 4.99 Å². The van der Waals surface area contributed by atoms with Crippen LogP contribution in [-0.2, 0) is 11.3 Å². The van der Waals surface area contributed by atoms with E-state index >= 15 is 0 Å². The summed E-state index contributed by atoms with van der Waals surface area (Å²) < 4.78 is 21.8. The molecule has 1 atom stereocenters. The molecule has 1 unspecified atom stereocenters. The Morgan fingerprint density at radius 2 is 1.72 bits per heavy atom. The summed E-state index contributed by atoms with van der Waals surface area (Å²) in [7, 11) is 4.75. The van der Waals surface area contributed by atoms with Gasteiger partial charge in [-0.15, -0.1) is 0 Å². The summed E-state index contributed by atoms with van der Waals surface area (Å²) in [5.74, 6) is 2.25. The molecule has 2 aromatic rings. The van der Waals surface area contributed by atoms with E-state index in [1.807, 2.05) is 30.3 Å². The average Bonchev–Trinajstić information content (AvgIpc) is 3.15. The SMILES string of the molecule is COc1cc(C2=NC(NCc3ccccc3)CO2)cc(OC)c1OC. The van der Waals surface area contributed by atoms with Gasteiger partial charge in [0.2, 0.25) is 11.6 Å². The van der Waals surface area contributed by atoms with Gasteiger partial charge in [-0.25, -0.2) is 4.99 Å². The lowest BCUT2D eigenvalue weighted by Gasteiger charge is -2.13. The van der Waals surface area contributed by atoms with Crippen LogP contribution in [0.2, 0.25) is 0 Å². The van der Waals surface area contributed by atoms with Crippen molar-refractivity contribution in [3.05, 3.63) is 53.6 Å². The van der Waals surface area contributed by atoms with Gasteiger partial charge >= 0.3 is 0 Å². The number of rotatable bonds is 7. The maximum Gasteiger partial charge on any atom is 0.218 e. The van der Waals surface area contributed by atoms with Gasteiger partial charge in [0.15, 0.2) is 11.5 Å². The van der Waals surface area contributed by atoms with Gasteiger partial charge in [-0.3, -0.25) is 5.32 Å². The average molecular weight is 342 g/mol. The molecule has 25 heavy (non-hydrogen) atoms. The zero-order valence-electron chi connectivity index (χ0n) is 14.6. The molecule has 0 saturated carbocycles. The molecular formula is C19H22N2O4. The van der Waals surface area contributed by atoms with Crippen molar-refractivity contribution in [2.45, 2.75) is 12.7 Å². The molecule has 0 radical (unpaired) electrons. The van der Waals surface area contributed by atoms with Crippen LogP contribution in [-0.4, -0.2) is 40.0 Å². The van der Waals surface area contributed by atoms with Crippen molar-refractivity contribution in [3.63, 3.8) is 0 Å². The van der Waals surface area contributed by atoms with Gasteiger partial charge in [-0.1, -0.05) is 30.3 Å². The molecule has 6 heteroatoms. The monoisotopic (exact) mass is 342 g/mol.